The maximum absolute atomic E-state index is 11.5. The van der Waals surface area contributed by atoms with Gasteiger partial charge in [0.05, 0.1) is 15.0 Å². The van der Waals surface area contributed by atoms with Crippen LogP contribution in [0.25, 0.3) is 5.69 Å². The number of ether oxygens (including phenoxy) is 1. The lowest BCUT2D eigenvalue weighted by molar-refractivity contribution is -0.386. The minimum absolute atomic E-state index is 0.118. The van der Waals surface area contributed by atoms with E-state index in [1.807, 2.05) is 0 Å². The zero-order valence-electron chi connectivity index (χ0n) is 12.6. The van der Waals surface area contributed by atoms with Crippen LogP contribution < -0.4 is 10.1 Å². The molecule has 0 radical (unpaired) electrons. The average Bonchev–Trinajstić information content (AvgIpc) is 2.86. The van der Waals surface area contributed by atoms with Gasteiger partial charge < -0.3 is 10.1 Å². The van der Waals surface area contributed by atoms with Crippen LogP contribution in [0.2, 0.25) is 15.1 Å². The van der Waals surface area contributed by atoms with E-state index in [2.05, 4.69) is 10.4 Å². The van der Waals surface area contributed by atoms with Gasteiger partial charge in [-0.3, -0.25) is 10.1 Å². The van der Waals surface area contributed by atoms with Crippen LogP contribution >= 0.6 is 58.0 Å². The van der Waals surface area contributed by atoms with Gasteiger partial charge >= 0.3 is 11.6 Å². The number of rotatable bonds is 7. The SMILES string of the molecule is CNCCOc1nn(-c2c(Cl)cc(Cl)cc2Cl)c(C(Cl)Cl)c1[N+](=O)[O-]. The fourth-order valence-electron chi connectivity index (χ4n) is 2.02. The standard InChI is InChI=1S/C13H11Cl5N4O3/c1-19-2-3-25-13-11(22(23)24)10(12(17)18)21(20-13)9-7(15)4-6(14)5-8(9)16/h4-5,12,19H,2-3H2,1H3. The van der Waals surface area contributed by atoms with Crippen molar-refractivity contribution in [3.05, 3.63) is 43.0 Å². The zero-order chi connectivity index (χ0) is 18.7. The van der Waals surface area contributed by atoms with E-state index in [-0.39, 0.29) is 33.9 Å². The summed E-state index contributed by atoms with van der Waals surface area (Å²) in [4.78, 5) is 9.54. The molecule has 0 spiro atoms. The van der Waals surface area contributed by atoms with Crippen molar-refractivity contribution in [2.24, 2.45) is 0 Å². The van der Waals surface area contributed by atoms with Crippen molar-refractivity contribution < 1.29 is 9.66 Å². The van der Waals surface area contributed by atoms with Gasteiger partial charge in [0.15, 0.2) is 10.5 Å². The molecule has 0 bridgehead atoms. The molecule has 1 aromatic carbocycles. The van der Waals surface area contributed by atoms with Crippen LogP contribution in [0.5, 0.6) is 5.88 Å². The molecule has 0 aliphatic carbocycles. The fraction of sp³-hybridized carbons (Fsp3) is 0.308. The van der Waals surface area contributed by atoms with Crippen LogP contribution in [0.1, 0.15) is 10.5 Å². The first-order valence-corrected chi connectivity index (χ1v) is 8.76. The van der Waals surface area contributed by atoms with E-state index in [0.717, 1.165) is 4.68 Å². The Labute approximate surface area is 167 Å². The largest absolute Gasteiger partial charge is 0.470 e. The Morgan fingerprint density at radius 3 is 2.40 bits per heavy atom. The van der Waals surface area contributed by atoms with E-state index in [1.165, 1.54) is 12.1 Å². The summed E-state index contributed by atoms with van der Waals surface area (Å²) in [6.45, 7) is 0.595. The van der Waals surface area contributed by atoms with Crippen LogP contribution in [0.3, 0.4) is 0 Å². The molecule has 0 aliphatic rings. The second-order valence-corrected chi connectivity index (χ2v) is 7.03. The van der Waals surface area contributed by atoms with Crippen LogP contribution in [-0.2, 0) is 0 Å². The summed E-state index contributed by atoms with van der Waals surface area (Å²) in [5.74, 6) is -0.247. The summed E-state index contributed by atoms with van der Waals surface area (Å²) < 4.78 is 6.47. The number of benzene rings is 1. The van der Waals surface area contributed by atoms with Gasteiger partial charge in [-0.05, 0) is 19.2 Å². The molecule has 0 saturated heterocycles. The molecule has 25 heavy (non-hydrogen) atoms. The lowest BCUT2D eigenvalue weighted by Gasteiger charge is -2.11. The highest BCUT2D eigenvalue weighted by atomic mass is 35.5. The normalized spacial score (nSPS) is 11.2. The van der Waals surface area contributed by atoms with Crippen LogP contribution in [0.15, 0.2) is 12.1 Å². The minimum Gasteiger partial charge on any atom is -0.470 e. The summed E-state index contributed by atoms with van der Waals surface area (Å²) in [5, 5.41) is 19.0. The monoisotopic (exact) mass is 446 g/mol. The summed E-state index contributed by atoms with van der Waals surface area (Å²) in [6.07, 6.45) is 0. The van der Waals surface area contributed by atoms with E-state index in [0.29, 0.717) is 11.6 Å². The number of nitro groups is 1. The smallest absolute Gasteiger partial charge is 0.356 e. The summed E-state index contributed by atoms with van der Waals surface area (Å²) >= 11 is 30.1. The maximum Gasteiger partial charge on any atom is 0.356 e. The molecule has 0 saturated carbocycles. The molecule has 136 valence electrons. The second kappa shape index (κ2) is 8.62. The van der Waals surface area contributed by atoms with Crippen LogP contribution in [0, 0.1) is 10.1 Å². The highest BCUT2D eigenvalue weighted by Gasteiger charge is 2.35. The number of halogens is 5. The number of hydrogen-bond acceptors (Lipinski definition) is 5. The third-order valence-electron chi connectivity index (χ3n) is 3.04. The molecule has 0 amide bonds. The highest BCUT2D eigenvalue weighted by molar-refractivity contribution is 6.44. The lowest BCUT2D eigenvalue weighted by Crippen LogP contribution is -2.16. The van der Waals surface area contributed by atoms with Gasteiger partial charge in [0, 0.05) is 11.6 Å². The Balaban J connectivity index is 2.69. The summed E-state index contributed by atoms with van der Waals surface area (Å²) in [7, 11) is 1.71. The van der Waals surface area contributed by atoms with Crippen molar-refractivity contribution in [2.45, 2.75) is 4.84 Å². The van der Waals surface area contributed by atoms with Gasteiger partial charge in [0.2, 0.25) is 0 Å². The molecular weight excluding hydrogens is 437 g/mol. The predicted octanol–water partition coefficient (Wildman–Crippen LogP) is 4.82. The van der Waals surface area contributed by atoms with E-state index >= 15 is 0 Å². The van der Waals surface area contributed by atoms with Crippen molar-refractivity contribution in [3.8, 4) is 11.6 Å². The Morgan fingerprint density at radius 2 is 1.92 bits per heavy atom. The Bertz CT molecular complexity index is 773. The minimum atomic E-state index is -1.28. The van der Waals surface area contributed by atoms with Crippen molar-refractivity contribution in [1.29, 1.82) is 0 Å². The molecule has 2 aromatic rings. The van der Waals surface area contributed by atoms with E-state index in [1.54, 1.807) is 7.05 Å². The number of likely N-dealkylation sites (N-methyl/N-ethyl adjacent to an activating group) is 1. The maximum atomic E-state index is 11.5. The van der Waals surface area contributed by atoms with Crippen LogP contribution in [0.4, 0.5) is 5.69 Å². The molecule has 7 nitrogen and oxygen atoms in total. The first-order chi connectivity index (χ1) is 11.8. The molecule has 0 fully saturated rings. The first-order valence-electron chi connectivity index (χ1n) is 6.75. The number of alkyl halides is 2. The van der Waals surface area contributed by atoms with Gasteiger partial charge in [-0.1, -0.05) is 58.0 Å². The van der Waals surface area contributed by atoms with Crippen LogP contribution in [-0.4, -0.2) is 34.9 Å². The van der Waals surface area contributed by atoms with Gasteiger partial charge in [0.25, 0.3) is 0 Å². The first kappa shape index (κ1) is 20.4. The number of aromatic nitrogens is 2. The quantitative estimate of drug-likeness (QED) is 0.284. The average molecular weight is 449 g/mol. The molecule has 12 heteroatoms. The van der Waals surface area contributed by atoms with Gasteiger partial charge in [-0.2, -0.15) is 0 Å². The summed E-state index contributed by atoms with van der Waals surface area (Å²) in [5.41, 5.74) is -0.437. The van der Waals surface area contributed by atoms with Gasteiger partial charge in [0.1, 0.15) is 12.3 Å². The summed E-state index contributed by atoms with van der Waals surface area (Å²) in [6, 6.07) is 2.83. The Kier molecular flexibility index (Phi) is 7.01. The molecule has 0 atom stereocenters. The molecule has 2 rings (SSSR count). The van der Waals surface area contributed by atoms with Crippen molar-refractivity contribution in [1.82, 2.24) is 15.1 Å². The van der Waals surface area contributed by atoms with E-state index < -0.39 is 15.4 Å². The predicted molar refractivity (Wildman–Crippen MR) is 99.1 cm³/mol. The van der Waals surface area contributed by atoms with Crippen molar-refractivity contribution in [3.63, 3.8) is 0 Å². The number of nitrogens with one attached hydrogen (secondary N) is 1. The van der Waals surface area contributed by atoms with Crippen molar-refractivity contribution >= 4 is 63.7 Å². The Hall–Kier alpha value is -0.960. The molecule has 0 unspecified atom stereocenters. The molecule has 1 heterocycles. The second-order valence-electron chi connectivity index (χ2n) is 4.68. The number of hydrogen-bond donors (Lipinski definition) is 1. The fourth-order valence-corrected chi connectivity index (χ4v) is 3.39. The molecule has 1 N–H and O–H groups in total. The van der Waals surface area contributed by atoms with Gasteiger partial charge in [-0.25, -0.2) is 4.68 Å². The third-order valence-corrected chi connectivity index (χ3v) is 4.25. The van der Waals surface area contributed by atoms with Crippen molar-refractivity contribution in [2.75, 3.05) is 20.2 Å². The number of nitrogens with zero attached hydrogens (tertiary/aromatic N) is 3. The van der Waals surface area contributed by atoms with Gasteiger partial charge in [-0.15, -0.1) is 5.10 Å². The third kappa shape index (κ3) is 4.42. The molecule has 1 aromatic heterocycles. The van der Waals surface area contributed by atoms with E-state index in [9.17, 15) is 10.1 Å². The molecular formula is C13H11Cl5N4O3. The highest BCUT2D eigenvalue weighted by Crippen LogP contribution is 2.43. The topological polar surface area (TPSA) is 82.2 Å². The Morgan fingerprint density at radius 1 is 1.32 bits per heavy atom. The zero-order valence-corrected chi connectivity index (χ0v) is 16.4. The lowest BCUT2D eigenvalue weighted by atomic mass is 10.3. The van der Waals surface area contributed by atoms with E-state index in [4.69, 9.17) is 62.7 Å². The molecule has 0 aliphatic heterocycles.